The molecule has 0 aliphatic heterocycles. The van der Waals surface area contributed by atoms with Crippen LogP contribution in [-0.2, 0) is 6.54 Å². The van der Waals surface area contributed by atoms with E-state index < -0.39 is 0 Å². The Morgan fingerprint density at radius 1 is 1.44 bits per heavy atom. The molecule has 1 heteroatoms. The Labute approximate surface area is 98.2 Å². The van der Waals surface area contributed by atoms with Crippen LogP contribution in [0.1, 0.15) is 31.4 Å². The molecular formula is C15H19N. The van der Waals surface area contributed by atoms with Gasteiger partial charge in [0.2, 0.25) is 0 Å². The maximum Gasteiger partial charge on any atom is 0.0632 e. The van der Waals surface area contributed by atoms with E-state index in [0.29, 0.717) is 6.54 Å². The fourth-order valence-electron chi connectivity index (χ4n) is 1.66. The summed E-state index contributed by atoms with van der Waals surface area (Å²) in [5.41, 5.74) is 3.73. The van der Waals surface area contributed by atoms with Gasteiger partial charge in [0.15, 0.2) is 0 Å². The summed E-state index contributed by atoms with van der Waals surface area (Å²) in [5, 5.41) is 0. The van der Waals surface area contributed by atoms with Gasteiger partial charge in [0.05, 0.1) is 6.54 Å². The highest BCUT2D eigenvalue weighted by molar-refractivity contribution is 5.74. The Bertz CT molecular complexity index is 400. The van der Waals surface area contributed by atoms with E-state index in [1.54, 1.807) is 0 Å². The first-order chi connectivity index (χ1) is 7.81. The third-order valence-electron chi connectivity index (χ3n) is 2.32. The van der Waals surface area contributed by atoms with Gasteiger partial charge < -0.3 is 0 Å². The quantitative estimate of drug-likeness (QED) is 0.512. The minimum absolute atomic E-state index is 0.684. The van der Waals surface area contributed by atoms with Crippen molar-refractivity contribution in [3.8, 4) is 0 Å². The number of allylic oxidation sites excluding steroid dienone is 4. The smallest absolute Gasteiger partial charge is 0.0632 e. The first-order valence-corrected chi connectivity index (χ1v) is 5.66. The average molecular weight is 213 g/mol. The normalized spacial score (nSPS) is 12.0. The van der Waals surface area contributed by atoms with Gasteiger partial charge in [0, 0.05) is 0 Å². The van der Waals surface area contributed by atoms with E-state index >= 15 is 0 Å². The summed E-state index contributed by atoms with van der Waals surface area (Å²) in [4.78, 5) is 3.91. The van der Waals surface area contributed by atoms with Gasteiger partial charge in [-0.05, 0) is 42.8 Å². The van der Waals surface area contributed by atoms with E-state index in [2.05, 4.69) is 61.1 Å². The zero-order chi connectivity index (χ0) is 11.8. The third kappa shape index (κ3) is 3.50. The summed E-state index contributed by atoms with van der Waals surface area (Å²) in [6, 6.07) is 8.46. The second-order valence-electron chi connectivity index (χ2n) is 3.65. The lowest BCUT2D eigenvalue weighted by molar-refractivity contribution is 1.08. The molecule has 1 rings (SSSR count). The molecule has 1 aromatic carbocycles. The van der Waals surface area contributed by atoms with Gasteiger partial charge in [-0.3, -0.25) is 4.99 Å². The summed E-state index contributed by atoms with van der Waals surface area (Å²) in [7, 11) is 0. The van der Waals surface area contributed by atoms with Crippen molar-refractivity contribution in [1.29, 1.82) is 0 Å². The predicted octanol–water partition coefficient (Wildman–Crippen LogP) is 4.26. The van der Waals surface area contributed by atoms with E-state index in [9.17, 15) is 0 Å². The lowest BCUT2D eigenvalue weighted by Crippen LogP contribution is -1.86. The molecule has 84 valence electrons. The highest BCUT2D eigenvalue weighted by Gasteiger charge is 1.98. The Balaban J connectivity index is 3.04. The van der Waals surface area contributed by atoms with Crippen LogP contribution in [0, 0.1) is 0 Å². The van der Waals surface area contributed by atoms with Crippen LogP contribution >= 0.6 is 0 Å². The van der Waals surface area contributed by atoms with Gasteiger partial charge in [0.1, 0.15) is 0 Å². The van der Waals surface area contributed by atoms with Crippen molar-refractivity contribution in [2.45, 2.75) is 26.8 Å². The monoisotopic (exact) mass is 213 g/mol. The largest absolute Gasteiger partial charge is 0.296 e. The standard InChI is InChI=1S/C15H19N/c1-4-7-14(8-5-2)15-10-6-9-13(11-15)12-16-3/h4,6-11H,3,5,12H2,1-2H3/b7-4-,14-8+. The molecule has 1 aromatic rings. The van der Waals surface area contributed by atoms with Gasteiger partial charge >= 0.3 is 0 Å². The van der Waals surface area contributed by atoms with Crippen molar-refractivity contribution >= 4 is 12.3 Å². The lowest BCUT2D eigenvalue weighted by Gasteiger charge is -2.05. The molecule has 0 bridgehead atoms. The molecule has 0 fully saturated rings. The first-order valence-electron chi connectivity index (χ1n) is 5.66. The Morgan fingerprint density at radius 2 is 2.25 bits per heavy atom. The zero-order valence-electron chi connectivity index (χ0n) is 10.1. The second-order valence-corrected chi connectivity index (χ2v) is 3.65. The topological polar surface area (TPSA) is 12.4 Å². The van der Waals surface area contributed by atoms with Crippen LogP contribution < -0.4 is 0 Å². The van der Waals surface area contributed by atoms with Crippen molar-refractivity contribution < 1.29 is 0 Å². The molecule has 0 unspecified atom stereocenters. The molecule has 0 aliphatic carbocycles. The van der Waals surface area contributed by atoms with Gasteiger partial charge in [-0.2, -0.15) is 0 Å². The molecule has 1 nitrogen and oxygen atoms in total. The van der Waals surface area contributed by atoms with Crippen molar-refractivity contribution in [1.82, 2.24) is 0 Å². The van der Waals surface area contributed by atoms with Crippen LogP contribution in [0.3, 0.4) is 0 Å². The zero-order valence-corrected chi connectivity index (χ0v) is 10.1. The average Bonchev–Trinajstić information content (AvgIpc) is 2.30. The molecule has 0 saturated heterocycles. The van der Waals surface area contributed by atoms with E-state index in [0.717, 1.165) is 6.42 Å². The minimum atomic E-state index is 0.684. The maximum absolute atomic E-state index is 3.91. The molecule has 0 amide bonds. The lowest BCUT2D eigenvalue weighted by atomic mass is 10.0. The molecule has 0 atom stereocenters. The van der Waals surface area contributed by atoms with Gasteiger partial charge in [0.25, 0.3) is 0 Å². The molecule has 0 aliphatic rings. The van der Waals surface area contributed by atoms with Gasteiger partial charge in [-0.15, -0.1) is 0 Å². The first kappa shape index (κ1) is 12.4. The number of hydrogen-bond donors (Lipinski definition) is 0. The highest BCUT2D eigenvalue weighted by Crippen LogP contribution is 2.18. The van der Waals surface area contributed by atoms with E-state index in [1.165, 1.54) is 16.7 Å². The highest BCUT2D eigenvalue weighted by atomic mass is 14.7. The number of rotatable bonds is 5. The van der Waals surface area contributed by atoms with Gasteiger partial charge in [-0.1, -0.05) is 43.4 Å². The Kier molecular flexibility index (Phi) is 5.27. The molecule has 0 radical (unpaired) electrons. The molecule has 0 N–H and O–H groups in total. The third-order valence-corrected chi connectivity index (χ3v) is 2.32. The molecule has 0 saturated carbocycles. The number of hydrogen-bond acceptors (Lipinski definition) is 1. The molecule has 0 spiro atoms. The van der Waals surface area contributed by atoms with E-state index in [1.807, 2.05) is 6.92 Å². The van der Waals surface area contributed by atoms with Crippen molar-refractivity contribution in [3.05, 3.63) is 53.6 Å². The van der Waals surface area contributed by atoms with Crippen molar-refractivity contribution in [2.75, 3.05) is 0 Å². The summed E-state index contributed by atoms with van der Waals surface area (Å²) >= 11 is 0. The number of aliphatic imine (C=N–C) groups is 1. The van der Waals surface area contributed by atoms with E-state index in [-0.39, 0.29) is 0 Å². The Morgan fingerprint density at radius 3 is 2.88 bits per heavy atom. The molecular weight excluding hydrogens is 194 g/mol. The van der Waals surface area contributed by atoms with Crippen LogP contribution in [0.4, 0.5) is 0 Å². The molecule has 0 heterocycles. The summed E-state index contributed by atoms with van der Waals surface area (Å²) in [5.74, 6) is 0. The van der Waals surface area contributed by atoms with Gasteiger partial charge in [-0.25, -0.2) is 0 Å². The van der Waals surface area contributed by atoms with Crippen LogP contribution in [0.5, 0.6) is 0 Å². The summed E-state index contributed by atoms with van der Waals surface area (Å²) in [6.07, 6.45) is 7.49. The van der Waals surface area contributed by atoms with Crippen LogP contribution in [0.2, 0.25) is 0 Å². The number of benzene rings is 1. The predicted molar refractivity (Wildman–Crippen MR) is 72.8 cm³/mol. The second kappa shape index (κ2) is 6.78. The fraction of sp³-hybridized carbons (Fsp3) is 0.267. The van der Waals surface area contributed by atoms with Crippen molar-refractivity contribution in [2.24, 2.45) is 4.99 Å². The number of nitrogens with zero attached hydrogens (tertiary/aromatic N) is 1. The minimum Gasteiger partial charge on any atom is -0.296 e. The van der Waals surface area contributed by atoms with Crippen LogP contribution in [-0.4, -0.2) is 6.72 Å². The van der Waals surface area contributed by atoms with Crippen molar-refractivity contribution in [3.63, 3.8) is 0 Å². The Hall–Kier alpha value is -1.63. The molecule has 16 heavy (non-hydrogen) atoms. The fourth-order valence-corrected chi connectivity index (χ4v) is 1.66. The SMILES string of the molecule is C=NCc1cccc(C(/C=C\C)=C/CC)c1. The summed E-state index contributed by atoms with van der Waals surface area (Å²) in [6.45, 7) is 8.40. The van der Waals surface area contributed by atoms with Crippen LogP contribution in [0.15, 0.2) is 47.5 Å². The maximum atomic E-state index is 3.91. The summed E-state index contributed by atoms with van der Waals surface area (Å²) < 4.78 is 0. The molecule has 0 aromatic heterocycles. The van der Waals surface area contributed by atoms with Crippen LogP contribution in [0.25, 0.3) is 5.57 Å². The van der Waals surface area contributed by atoms with E-state index in [4.69, 9.17) is 0 Å².